The first-order chi connectivity index (χ1) is 15.9. The van der Waals surface area contributed by atoms with E-state index < -0.39 is 46.9 Å². The van der Waals surface area contributed by atoms with Gasteiger partial charge < -0.3 is 5.32 Å². The Balaban J connectivity index is 2.05. The summed E-state index contributed by atoms with van der Waals surface area (Å²) in [5.74, 6) is -0.925. The number of hydrogen-bond donors (Lipinski definition) is 2. The molecule has 0 unspecified atom stereocenters. The Kier molecular flexibility index (Phi) is 7.05. The minimum Gasteiger partial charge on any atom is -0.321 e. The van der Waals surface area contributed by atoms with Crippen molar-refractivity contribution in [1.29, 1.82) is 0 Å². The molecule has 0 fully saturated rings. The summed E-state index contributed by atoms with van der Waals surface area (Å²) in [5, 5.41) is 25.0. The van der Waals surface area contributed by atoms with Gasteiger partial charge in [0.2, 0.25) is 0 Å². The Morgan fingerprint density at radius 2 is 1.56 bits per heavy atom. The lowest BCUT2D eigenvalue weighted by Gasteiger charge is -2.13. The quantitative estimate of drug-likeness (QED) is 0.318. The number of nitrogens with zero attached hydrogens (tertiary/aromatic N) is 2. The standard InChI is InChI=1S/C20H14Cl2N4O7S/c1-11-16(3-2-4-17(11)25(28)29)23-20(27)14-9-19(18(26(30)31)10-15(14)22)34(32,33)24-13-7-5-12(21)6-8-13/h2-10,24H,1H3,(H,23,27). The van der Waals surface area contributed by atoms with Crippen molar-refractivity contribution < 1.29 is 23.1 Å². The zero-order chi connectivity index (χ0) is 25.2. The average Bonchev–Trinajstić information content (AvgIpc) is 2.75. The lowest BCUT2D eigenvalue weighted by molar-refractivity contribution is -0.387. The molecule has 0 saturated carbocycles. The van der Waals surface area contributed by atoms with Crippen LogP contribution in [0.25, 0.3) is 0 Å². The maximum atomic E-state index is 12.9. The first kappa shape index (κ1) is 24.9. The van der Waals surface area contributed by atoms with E-state index in [0.717, 1.165) is 12.1 Å². The molecule has 0 atom stereocenters. The molecule has 0 aliphatic heterocycles. The van der Waals surface area contributed by atoms with Gasteiger partial charge in [0.1, 0.15) is 0 Å². The summed E-state index contributed by atoms with van der Waals surface area (Å²) in [6.45, 7) is 1.41. The summed E-state index contributed by atoms with van der Waals surface area (Å²) in [4.78, 5) is 33.1. The Morgan fingerprint density at radius 1 is 0.941 bits per heavy atom. The minimum atomic E-state index is -4.54. The van der Waals surface area contributed by atoms with Crippen LogP contribution in [0.4, 0.5) is 22.7 Å². The maximum absolute atomic E-state index is 12.9. The number of nitro groups is 2. The molecular formula is C20H14Cl2N4O7S. The predicted octanol–water partition coefficient (Wildman–Crippen LogP) is 5.17. The molecule has 3 rings (SSSR count). The zero-order valence-electron chi connectivity index (χ0n) is 17.1. The van der Waals surface area contributed by atoms with Crippen molar-refractivity contribution in [2.75, 3.05) is 10.0 Å². The summed E-state index contributed by atoms with van der Waals surface area (Å²) >= 11 is 11.8. The highest BCUT2D eigenvalue weighted by atomic mass is 35.5. The summed E-state index contributed by atoms with van der Waals surface area (Å²) in [6.07, 6.45) is 0. The Hall–Kier alpha value is -3.74. The number of rotatable bonds is 7. The molecular weight excluding hydrogens is 511 g/mol. The van der Waals surface area contributed by atoms with E-state index in [1.54, 1.807) is 0 Å². The molecule has 0 aliphatic rings. The van der Waals surface area contributed by atoms with E-state index in [1.807, 2.05) is 0 Å². The molecule has 0 aromatic heterocycles. The number of anilines is 2. The van der Waals surface area contributed by atoms with Crippen molar-refractivity contribution in [2.45, 2.75) is 11.8 Å². The Labute approximate surface area is 202 Å². The summed E-state index contributed by atoms with van der Waals surface area (Å²) in [7, 11) is -4.54. The van der Waals surface area contributed by atoms with Crippen molar-refractivity contribution in [1.82, 2.24) is 0 Å². The molecule has 1 amide bonds. The lowest BCUT2D eigenvalue weighted by Crippen LogP contribution is -2.18. The van der Waals surface area contributed by atoms with Gasteiger partial charge in [-0.05, 0) is 43.3 Å². The smallest absolute Gasteiger partial charge is 0.291 e. The second kappa shape index (κ2) is 9.63. The summed E-state index contributed by atoms with van der Waals surface area (Å²) < 4.78 is 28.0. The third-order valence-corrected chi connectivity index (χ3v) is 6.60. The fourth-order valence-electron chi connectivity index (χ4n) is 2.95. The molecule has 3 aromatic carbocycles. The van der Waals surface area contributed by atoms with Crippen LogP contribution in [0.1, 0.15) is 15.9 Å². The molecule has 2 N–H and O–H groups in total. The molecule has 14 heteroatoms. The predicted molar refractivity (Wildman–Crippen MR) is 126 cm³/mol. The van der Waals surface area contributed by atoms with Gasteiger partial charge in [0.25, 0.3) is 27.3 Å². The Bertz CT molecular complexity index is 1430. The van der Waals surface area contributed by atoms with Crippen LogP contribution in [0, 0.1) is 27.2 Å². The van der Waals surface area contributed by atoms with E-state index in [1.165, 1.54) is 49.4 Å². The largest absolute Gasteiger partial charge is 0.321 e. The van der Waals surface area contributed by atoms with Gasteiger partial charge in [-0.2, -0.15) is 0 Å². The van der Waals surface area contributed by atoms with Crippen molar-refractivity contribution in [3.05, 3.63) is 96.0 Å². The normalized spacial score (nSPS) is 11.0. The molecule has 0 bridgehead atoms. The minimum absolute atomic E-state index is 0.0758. The van der Waals surface area contributed by atoms with Gasteiger partial charge in [0.05, 0.1) is 31.7 Å². The molecule has 176 valence electrons. The van der Waals surface area contributed by atoms with E-state index in [4.69, 9.17) is 23.2 Å². The van der Waals surface area contributed by atoms with E-state index in [2.05, 4.69) is 10.0 Å². The third kappa shape index (κ3) is 5.25. The number of carbonyl (C=O) groups excluding carboxylic acids is 1. The van der Waals surface area contributed by atoms with Crippen molar-refractivity contribution >= 4 is 61.9 Å². The van der Waals surface area contributed by atoms with Gasteiger partial charge in [-0.25, -0.2) is 8.42 Å². The molecule has 34 heavy (non-hydrogen) atoms. The van der Waals surface area contributed by atoms with Gasteiger partial charge in [-0.15, -0.1) is 0 Å². The first-order valence-electron chi connectivity index (χ1n) is 9.22. The number of amides is 1. The van der Waals surface area contributed by atoms with Crippen molar-refractivity contribution in [2.24, 2.45) is 0 Å². The fraction of sp³-hybridized carbons (Fsp3) is 0.0500. The van der Waals surface area contributed by atoms with E-state index in [-0.39, 0.29) is 22.6 Å². The van der Waals surface area contributed by atoms with Gasteiger partial charge in [-0.1, -0.05) is 29.3 Å². The highest BCUT2D eigenvalue weighted by Gasteiger charge is 2.30. The van der Waals surface area contributed by atoms with Crippen LogP contribution in [-0.4, -0.2) is 24.2 Å². The monoisotopic (exact) mass is 524 g/mol. The van der Waals surface area contributed by atoms with Crippen LogP contribution in [0.15, 0.2) is 59.5 Å². The topological polar surface area (TPSA) is 162 Å². The van der Waals surface area contributed by atoms with Crippen LogP contribution < -0.4 is 10.0 Å². The number of nitrogens with one attached hydrogen (secondary N) is 2. The number of sulfonamides is 1. The number of halogens is 2. The molecule has 0 spiro atoms. The molecule has 0 aliphatic carbocycles. The van der Waals surface area contributed by atoms with Gasteiger partial charge in [0.15, 0.2) is 4.90 Å². The van der Waals surface area contributed by atoms with Gasteiger partial charge in [-0.3, -0.25) is 29.7 Å². The summed E-state index contributed by atoms with van der Waals surface area (Å²) in [5.41, 5.74) is -1.19. The van der Waals surface area contributed by atoms with E-state index in [9.17, 15) is 33.4 Å². The third-order valence-electron chi connectivity index (χ3n) is 4.63. The SMILES string of the molecule is Cc1c(NC(=O)c2cc(S(=O)(=O)Nc3ccc(Cl)cc3)c([N+](=O)[O-])cc2Cl)cccc1[N+](=O)[O-]. The first-order valence-corrected chi connectivity index (χ1v) is 11.5. The van der Waals surface area contributed by atoms with Gasteiger partial charge >= 0.3 is 0 Å². The molecule has 11 nitrogen and oxygen atoms in total. The maximum Gasteiger partial charge on any atom is 0.291 e. The summed E-state index contributed by atoms with van der Waals surface area (Å²) in [6, 6.07) is 11.0. The van der Waals surface area contributed by atoms with Gasteiger partial charge in [0, 0.05) is 22.8 Å². The lowest BCUT2D eigenvalue weighted by atomic mass is 10.1. The fourth-order valence-corrected chi connectivity index (χ4v) is 4.56. The van der Waals surface area contributed by atoms with Crippen molar-refractivity contribution in [3.63, 3.8) is 0 Å². The van der Waals surface area contributed by atoms with E-state index >= 15 is 0 Å². The van der Waals surface area contributed by atoms with Crippen LogP contribution in [0.3, 0.4) is 0 Å². The second-order valence-electron chi connectivity index (χ2n) is 6.83. The van der Waals surface area contributed by atoms with Crippen molar-refractivity contribution in [3.8, 4) is 0 Å². The molecule has 0 heterocycles. The van der Waals surface area contributed by atoms with Crippen LogP contribution in [-0.2, 0) is 10.0 Å². The van der Waals surface area contributed by atoms with Crippen LogP contribution in [0.2, 0.25) is 10.0 Å². The average molecular weight is 525 g/mol. The van der Waals surface area contributed by atoms with Crippen LogP contribution >= 0.6 is 23.2 Å². The molecule has 0 radical (unpaired) electrons. The number of hydrogen-bond acceptors (Lipinski definition) is 7. The number of nitro benzene ring substituents is 2. The Morgan fingerprint density at radius 3 is 2.15 bits per heavy atom. The van der Waals surface area contributed by atoms with Crippen LogP contribution in [0.5, 0.6) is 0 Å². The number of carbonyl (C=O) groups is 1. The zero-order valence-corrected chi connectivity index (χ0v) is 19.4. The van der Waals surface area contributed by atoms with E-state index in [0.29, 0.717) is 5.02 Å². The molecule has 3 aromatic rings. The highest BCUT2D eigenvalue weighted by molar-refractivity contribution is 7.92. The highest BCUT2D eigenvalue weighted by Crippen LogP contribution is 2.33. The molecule has 0 saturated heterocycles. The number of benzene rings is 3. The second-order valence-corrected chi connectivity index (χ2v) is 9.32.